The predicted octanol–water partition coefficient (Wildman–Crippen LogP) is 0.552. The summed E-state index contributed by atoms with van der Waals surface area (Å²) in [7, 11) is -2.85. The molecule has 1 heterocycles. The first-order chi connectivity index (χ1) is 8.10. The summed E-state index contributed by atoms with van der Waals surface area (Å²) in [5, 5.41) is 2.89. The van der Waals surface area contributed by atoms with Gasteiger partial charge in [-0.05, 0) is 26.7 Å². The smallest absolute Gasteiger partial charge is 0.169 e. The molecule has 0 amide bonds. The SMILES string of the molecule is CCOC(CNCC1CCCS1(=O)=O)OCC. The lowest BCUT2D eigenvalue weighted by Crippen LogP contribution is -2.37. The fourth-order valence-electron chi connectivity index (χ4n) is 1.99. The second-order valence-electron chi connectivity index (χ2n) is 4.13. The average molecular weight is 265 g/mol. The Morgan fingerprint density at radius 2 is 1.94 bits per heavy atom. The summed E-state index contributed by atoms with van der Waals surface area (Å²) in [6, 6.07) is 0. The highest BCUT2D eigenvalue weighted by atomic mass is 32.2. The van der Waals surface area contributed by atoms with Gasteiger partial charge in [0.05, 0.1) is 11.0 Å². The molecule has 1 unspecified atom stereocenters. The molecule has 102 valence electrons. The van der Waals surface area contributed by atoms with Gasteiger partial charge in [-0.25, -0.2) is 8.42 Å². The largest absolute Gasteiger partial charge is 0.352 e. The van der Waals surface area contributed by atoms with E-state index in [4.69, 9.17) is 9.47 Å². The molecule has 0 aromatic rings. The lowest BCUT2D eigenvalue weighted by atomic mass is 10.2. The van der Waals surface area contributed by atoms with Crippen molar-refractivity contribution in [2.45, 2.75) is 38.2 Å². The summed E-state index contributed by atoms with van der Waals surface area (Å²) in [5.74, 6) is 0.333. The molecule has 6 heteroatoms. The zero-order valence-corrected chi connectivity index (χ0v) is 11.5. The van der Waals surface area contributed by atoms with Crippen molar-refractivity contribution in [3.8, 4) is 0 Å². The van der Waals surface area contributed by atoms with Gasteiger partial charge in [-0.15, -0.1) is 0 Å². The Labute approximate surface area is 104 Å². The van der Waals surface area contributed by atoms with Gasteiger partial charge in [0.2, 0.25) is 0 Å². The molecule has 1 fully saturated rings. The molecule has 1 N–H and O–H groups in total. The molecule has 0 radical (unpaired) electrons. The van der Waals surface area contributed by atoms with Crippen molar-refractivity contribution < 1.29 is 17.9 Å². The highest BCUT2D eigenvalue weighted by molar-refractivity contribution is 7.92. The third-order valence-corrected chi connectivity index (χ3v) is 5.13. The van der Waals surface area contributed by atoms with Crippen LogP contribution in [0, 0.1) is 0 Å². The third-order valence-electron chi connectivity index (χ3n) is 2.85. The van der Waals surface area contributed by atoms with E-state index in [1.165, 1.54) is 0 Å². The van der Waals surface area contributed by atoms with E-state index >= 15 is 0 Å². The molecule has 1 rings (SSSR count). The third kappa shape index (κ3) is 4.91. The molecule has 5 nitrogen and oxygen atoms in total. The Hall–Kier alpha value is -0.170. The summed E-state index contributed by atoms with van der Waals surface area (Å²) < 4.78 is 33.9. The Bertz CT molecular complexity index is 299. The normalized spacial score (nSPS) is 23.4. The molecule has 0 spiro atoms. The second kappa shape index (κ2) is 7.31. The number of nitrogens with one attached hydrogen (secondary N) is 1. The first-order valence-electron chi connectivity index (χ1n) is 6.25. The molecule has 0 aromatic heterocycles. The van der Waals surface area contributed by atoms with E-state index in [-0.39, 0.29) is 11.5 Å². The molecule has 0 aliphatic carbocycles. The maximum Gasteiger partial charge on any atom is 0.169 e. The first kappa shape index (κ1) is 14.9. The van der Waals surface area contributed by atoms with E-state index in [2.05, 4.69) is 5.32 Å². The molecular weight excluding hydrogens is 242 g/mol. The minimum Gasteiger partial charge on any atom is -0.352 e. The molecular formula is C11H23NO4S. The topological polar surface area (TPSA) is 64.6 Å². The Kier molecular flexibility index (Phi) is 6.40. The fourth-order valence-corrected chi connectivity index (χ4v) is 3.79. The first-order valence-corrected chi connectivity index (χ1v) is 7.97. The lowest BCUT2D eigenvalue weighted by molar-refractivity contribution is -0.132. The van der Waals surface area contributed by atoms with Crippen molar-refractivity contribution in [2.75, 3.05) is 32.1 Å². The van der Waals surface area contributed by atoms with Crippen LogP contribution in [0.1, 0.15) is 26.7 Å². The van der Waals surface area contributed by atoms with Gasteiger partial charge in [0.1, 0.15) is 0 Å². The van der Waals surface area contributed by atoms with Crippen molar-refractivity contribution in [2.24, 2.45) is 0 Å². The van der Waals surface area contributed by atoms with Gasteiger partial charge in [-0.2, -0.15) is 0 Å². The van der Waals surface area contributed by atoms with Gasteiger partial charge in [0.15, 0.2) is 16.1 Å². The number of hydrogen-bond donors (Lipinski definition) is 1. The number of ether oxygens (including phenoxy) is 2. The summed E-state index contributed by atoms with van der Waals surface area (Å²) >= 11 is 0. The molecule has 1 saturated heterocycles. The molecule has 1 aliphatic rings. The van der Waals surface area contributed by atoms with Gasteiger partial charge >= 0.3 is 0 Å². The van der Waals surface area contributed by atoms with Gasteiger partial charge < -0.3 is 14.8 Å². The maximum absolute atomic E-state index is 11.6. The van der Waals surface area contributed by atoms with E-state index in [0.29, 0.717) is 32.1 Å². The lowest BCUT2D eigenvalue weighted by Gasteiger charge is -2.18. The average Bonchev–Trinajstić information content (AvgIpc) is 2.59. The van der Waals surface area contributed by atoms with E-state index < -0.39 is 9.84 Å². The maximum atomic E-state index is 11.6. The predicted molar refractivity (Wildman–Crippen MR) is 66.7 cm³/mol. The molecule has 1 atom stereocenters. The quantitative estimate of drug-likeness (QED) is 0.649. The van der Waals surface area contributed by atoms with Crippen LogP contribution in [0.5, 0.6) is 0 Å². The second-order valence-corrected chi connectivity index (χ2v) is 6.53. The van der Waals surface area contributed by atoms with Crippen LogP contribution in [0.3, 0.4) is 0 Å². The van der Waals surface area contributed by atoms with Gasteiger partial charge in [0, 0.05) is 26.3 Å². The van der Waals surface area contributed by atoms with Crippen LogP contribution in [0.15, 0.2) is 0 Å². The Morgan fingerprint density at radius 1 is 1.29 bits per heavy atom. The Morgan fingerprint density at radius 3 is 2.41 bits per heavy atom. The van der Waals surface area contributed by atoms with E-state index in [0.717, 1.165) is 12.8 Å². The van der Waals surface area contributed by atoms with Crippen molar-refractivity contribution in [3.63, 3.8) is 0 Å². The highest BCUT2D eigenvalue weighted by Crippen LogP contribution is 2.18. The minimum atomic E-state index is -2.85. The van der Waals surface area contributed by atoms with E-state index in [1.807, 2.05) is 13.8 Å². The highest BCUT2D eigenvalue weighted by Gasteiger charge is 2.30. The number of hydrogen-bond acceptors (Lipinski definition) is 5. The van der Waals surface area contributed by atoms with E-state index in [9.17, 15) is 8.42 Å². The number of rotatable bonds is 8. The summed E-state index contributed by atoms with van der Waals surface area (Å²) in [4.78, 5) is 0. The Balaban J connectivity index is 2.26. The monoisotopic (exact) mass is 265 g/mol. The van der Waals surface area contributed by atoms with Crippen LogP contribution >= 0.6 is 0 Å². The number of sulfone groups is 1. The van der Waals surface area contributed by atoms with Crippen LogP contribution < -0.4 is 5.32 Å². The fraction of sp³-hybridized carbons (Fsp3) is 1.00. The van der Waals surface area contributed by atoms with Crippen molar-refractivity contribution >= 4 is 9.84 Å². The summed E-state index contributed by atoms with van der Waals surface area (Å²) in [5.41, 5.74) is 0. The molecule has 1 aliphatic heterocycles. The molecule has 0 saturated carbocycles. The molecule has 0 bridgehead atoms. The zero-order chi connectivity index (χ0) is 12.7. The van der Waals surface area contributed by atoms with Gasteiger partial charge in [-0.3, -0.25) is 0 Å². The molecule has 17 heavy (non-hydrogen) atoms. The van der Waals surface area contributed by atoms with Crippen LogP contribution in [0.25, 0.3) is 0 Å². The van der Waals surface area contributed by atoms with Crippen LogP contribution in [-0.2, 0) is 19.3 Å². The summed E-state index contributed by atoms with van der Waals surface area (Å²) in [6.07, 6.45) is 1.27. The van der Waals surface area contributed by atoms with Gasteiger partial charge in [0.25, 0.3) is 0 Å². The van der Waals surface area contributed by atoms with Gasteiger partial charge in [-0.1, -0.05) is 0 Å². The minimum absolute atomic E-state index is 0.230. The van der Waals surface area contributed by atoms with E-state index in [1.54, 1.807) is 0 Å². The van der Waals surface area contributed by atoms with Crippen LogP contribution in [-0.4, -0.2) is 52.0 Å². The standard InChI is InChI=1S/C11H23NO4S/c1-3-15-11(16-4-2)9-12-8-10-6-5-7-17(10,13)14/h10-12H,3-9H2,1-2H3. The van der Waals surface area contributed by atoms with Crippen molar-refractivity contribution in [1.29, 1.82) is 0 Å². The zero-order valence-electron chi connectivity index (χ0n) is 10.6. The summed E-state index contributed by atoms with van der Waals surface area (Å²) in [6.45, 7) is 6.04. The molecule has 0 aromatic carbocycles. The van der Waals surface area contributed by atoms with Crippen molar-refractivity contribution in [3.05, 3.63) is 0 Å². The van der Waals surface area contributed by atoms with Crippen LogP contribution in [0.2, 0.25) is 0 Å². The van der Waals surface area contributed by atoms with Crippen molar-refractivity contribution in [1.82, 2.24) is 5.32 Å². The van der Waals surface area contributed by atoms with Crippen LogP contribution in [0.4, 0.5) is 0 Å².